The van der Waals surface area contributed by atoms with Crippen LogP contribution in [-0.4, -0.2) is 19.1 Å². The lowest BCUT2D eigenvalue weighted by Crippen LogP contribution is -2.37. The molecule has 2 aromatic rings. The summed E-state index contributed by atoms with van der Waals surface area (Å²) in [5.74, 6) is 0. The van der Waals surface area contributed by atoms with Gasteiger partial charge >= 0.3 is 6.03 Å². The van der Waals surface area contributed by atoms with Crippen molar-refractivity contribution in [3.05, 3.63) is 71.8 Å². The molecule has 2 amide bonds. The molecule has 2 N–H and O–H groups in total. The minimum absolute atomic E-state index is 0.0843. The molecule has 0 saturated heterocycles. The maximum absolute atomic E-state index is 11.6. The first-order valence-electron chi connectivity index (χ1n) is 7.44. The maximum atomic E-state index is 11.6. The predicted octanol–water partition coefficient (Wildman–Crippen LogP) is 3.16. The molecule has 0 saturated carbocycles. The molecule has 0 bridgehead atoms. The summed E-state index contributed by atoms with van der Waals surface area (Å²) in [5.41, 5.74) is 2.55. The van der Waals surface area contributed by atoms with Gasteiger partial charge in [-0.15, -0.1) is 0 Å². The van der Waals surface area contributed by atoms with Crippen LogP contribution in [-0.2, 0) is 12.8 Å². The standard InChI is InChI=1S/C18H22N2O/c21-18(20-15-13-17-10-5-2-6-11-17)19-14-7-12-16-8-3-1-4-9-16/h1-6,8-11H,7,12-15H2,(H2,19,20,21). The van der Waals surface area contributed by atoms with Crippen LogP contribution in [0, 0.1) is 0 Å². The van der Waals surface area contributed by atoms with E-state index in [9.17, 15) is 4.79 Å². The lowest BCUT2D eigenvalue weighted by atomic mass is 10.1. The van der Waals surface area contributed by atoms with Gasteiger partial charge in [0.2, 0.25) is 0 Å². The number of nitrogens with one attached hydrogen (secondary N) is 2. The second kappa shape index (κ2) is 8.80. The summed E-state index contributed by atoms with van der Waals surface area (Å²) in [6, 6.07) is 20.4. The summed E-state index contributed by atoms with van der Waals surface area (Å²) in [7, 11) is 0. The molecular weight excluding hydrogens is 260 g/mol. The Bertz CT molecular complexity index is 525. The molecule has 0 heterocycles. The van der Waals surface area contributed by atoms with E-state index in [4.69, 9.17) is 0 Å². The summed E-state index contributed by atoms with van der Waals surface area (Å²) in [6.45, 7) is 1.36. The van der Waals surface area contributed by atoms with E-state index in [0.717, 1.165) is 19.3 Å². The molecule has 0 aliphatic carbocycles. The number of hydrogen-bond acceptors (Lipinski definition) is 1. The molecule has 0 aliphatic rings. The van der Waals surface area contributed by atoms with Gasteiger partial charge in [-0.05, 0) is 30.4 Å². The van der Waals surface area contributed by atoms with Crippen molar-refractivity contribution in [2.45, 2.75) is 19.3 Å². The Morgan fingerprint density at radius 2 is 1.24 bits per heavy atom. The summed E-state index contributed by atoms with van der Waals surface area (Å²) in [6.07, 6.45) is 2.81. The molecule has 0 aromatic heterocycles. The van der Waals surface area contributed by atoms with E-state index in [1.807, 2.05) is 36.4 Å². The number of urea groups is 1. The topological polar surface area (TPSA) is 41.1 Å². The minimum atomic E-state index is -0.0843. The molecule has 0 spiro atoms. The molecule has 0 aliphatic heterocycles. The average Bonchev–Trinajstić information content (AvgIpc) is 2.54. The minimum Gasteiger partial charge on any atom is -0.338 e. The van der Waals surface area contributed by atoms with E-state index in [2.05, 4.69) is 34.9 Å². The fraction of sp³-hybridized carbons (Fsp3) is 0.278. The Kier molecular flexibility index (Phi) is 6.33. The van der Waals surface area contributed by atoms with Gasteiger partial charge in [0, 0.05) is 13.1 Å². The van der Waals surface area contributed by atoms with E-state index >= 15 is 0 Å². The Morgan fingerprint density at radius 1 is 0.714 bits per heavy atom. The van der Waals surface area contributed by atoms with Crippen LogP contribution in [0.2, 0.25) is 0 Å². The van der Waals surface area contributed by atoms with Gasteiger partial charge in [0.05, 0.1) is 0 Å². The van der Waals surface area contributed by atoms with Crippen molar-refractivity contribution in [3.8, 4) is 0 Å². The van der Waals surface area contributed by atoms with Gasteiger partial charge in [-0.25, -0.2) is 4.79 Å². The second-order valence-electron chi connectivity index (χ2n) is 5.01. The van der Waals surface area contributed by atoms with Crippen LogP contribution in [0.3, 0.4) is 0 Å². The first kappa shape index (κ1) is 15.1. The van der Waals surface area contributed by atoms with Crippen molar-refractivity contribution in [2.24, 2.45) is 0 Å². The first-order chi connectivity index (χ1) is 10.3. The van der Waals surface area contributed by atoms with Gasteiger partial charge in [-0.2, -0.15) is 0 Å². The maximum Gasteiger partial charge on any atom is 0.314 e. The van der Waals surface area contributed by atoms with Gasteiger partial charge in [-0.1, -0.05) is 60.7 Å². The predicted molar refractivity (Wildman–Crippen MR) is 86.3 cm³/mol. The molecular formula is C18H22N2O. The Balaban J connectivity index is 1.54. The molecule has 2 rings (SSSR count). The SMILES string of the molecule is O=C(NCCCc1ccccc1)NCCc1ccccc1. The van der Waals surface area contributed by atoms with Crippen LogP contribution in [0.25, 0.3) is 0 Å². The third-order valence-corrected chi connectivity index (χ3v) is 3.31. The fourth-order valence-electron chi connectivity index (χ4n) is 2.17. The molecule has 0 atom stereocenters. The number of carbonyl (C=O) groups is 1. The molecule has 21 heavy (non-hydrogen) atoms. The average molecular weight is 282 g/mol. The quantitative estimate of drug-likeness (QED) is 0.753. The van der Waals surface area contributed by atoms with E-state index in [1.165, 1.54) is 11.1 Å². The number of carbonyl (C=O) groups excluding carboxylic acids is 1. The number of hydrogen-bond donors (Lipinski definition) is 2. The van der Waals surface area contributed by atoms with Crippen molar-refractivity contribution >= 4 is 6.03 Å². The van der Waals surface area contributed by atoms with Gasteiger partial charge in [0.1, 0.15) is 0 Å². The van der Waals surface area contributed by atoms with Crippen molar-refractivity contribution in [1.29, 1.82) is 0 Å². The summed E-state index contributed by atoms with van der Waals surface area (Å²) >= 11 is 0. The fourth-order valence-corrected chi connectivity index (χ4v) is 2.17. The van der Waals surface area contributed by atoms with Crippen LogP contribution in [0.1, 0.15) is 17.5 Å². The monoisotopic (exact) mass is 282 g/mol. The number of amides is 2. The molecule has 0 fully saturated rings. The largest absolute Gasteiger partial charge is 0.338 e. The zero-order valence-electron chi connectivity index (χ0n) is 12.2. The number of benzene rings is 2. The highest BCUT2D eigenvalue weighted by atomic mass is 16.2. The number of aryl methyl sites for hydroxylation is 1. The van der Waals surface area contributed by atoms with E-state index in [-0.39, 0.29) is 6.03 Å². The molecule has 2 aromatic carbocycles. The smallest absolute Gasteiger partial charge is 0.314 e. The van der Waals surface area contributed by atoms with E-state index in [1.54, 1.807) is 0 Å². The molecule has 3 nitrogen and oxygen atoms in total. The first-order valence-corrected chi connectivity index (χ1v) is 7.44. The van der Waals surface area contributed by atoms with Crippen LogP contribution >= 0.6 is 0 Å². The normalized spacial score (nSPS) is 10.1. The molecule has 3 heteroatoms. The summed E-state index contributed by atoms with van der Waals surface area (Å²) in [4.78, 5) is 11.6. The Morgan fingerprint density at radius 3 is 1.86 bits per heavy atom. The van der Waals surface area contributed by atoms with Crippen LogP contribution < -0.4 is 10.6 Å². The third kappa shape index (κ3) is 6.13. The summed E-state index contributed by atoms with van der Waals surface area (Å²) < 4.78 is 0. The highest BCUT2D eigenvalue weighted by Gasteiger charge is 1.99. The molecule has 0 unspecified atom stereocenters. The van der Waals surface area contributed by atoms with Crippen LogP contribution in [0.15, 0.2) is 60.7 Å². The zero-order valence-corrected chi connectivity index (χ0v) is 12.2. The number of rotatable bonds is 7. The van der Waals surface area contributed by atoms with Crippen molar-refractivity contribution in [2.75, 3.05) is 13.1 Å². The van der Waals surface area contributed by atoms with Crippen molar-refractivity contribution < 1.29 is 4.79 Å². The zero-order chi connectivity index (χ0) is 14.8. The van der Waals surface area contributed by atoms with Crippen molar-refractivity contribution in [3.63, 3.8) is 0 Å². The molecule has 0 radical (unpaired) electrons. The van der Waals surface area contributed by atoms with Crippen molar-refractivity contribution in [1.82, 2.24) is 10.6 Å². The van der Waals surface area contributed by atoms with Gasteiger partial charge in [-0.3, -0.25) is 0 Å². The highest BCUT2D eigenvalue weighted by Crippen LogP contribution is 2.01. The Hall–Kier alpha value is -2.29. The van der Waals surface area contributed by atoms with E-state index < -0.39 is 0 Å². The van der Waals surface area contributed by atoms with Crippen LogP contribution in [0.4, 0.5) is 4.79 Å². The van der Waals surface area contributed by atoms with Gasteiger partial charge in [0.15, 0.2) is 0 Å². The lowest BCUT2D eigenvalue weighted by molar-refractivity contribution is 0.241. The summed E-state index contributed by atoms with van der Waals surface area (Å²) in [5, 5.41) is 5.77. The lowest BCUT2D eigenvalue weighted by Gasteiger charge is -2.07. The second-order valence-corrected chi connectivity index (χ2v) is 5.01. The van der Waals surface area contributed by atoms with Gasteiger partial charge < -0.3 is 10.6 Å². The van der Waals surface area contributed by atoms with Crippen LogP contribution in [0.5, 0.6) is 0 Å². The molecule has 110 valence electrons. The van der Waals surface area contributed by atoms with E-state index in [0.29, 0.717) is 13.1 Å². The third-order valence-electron chi connectivity index (χ3n) is 3.31. The van der Waals surface area contributed by atoms with Gasteiger partial charge in [0.25, 0.3) is 0 Å². The Labute approximate surface area is 126 Å². The highest BCUT2D eigenvalue weighted by molar-refractivity contribution is 5.73.